The van der Waals surface area contributed by atoms with Crippen molar-refractivity contribution in [3.05, 3.63) is 87.2 Å². The summed E-state index contributed by atoms with van der Waals surface area (Å²) in [4.78, 5) is 38.7. The van der Waals surface area contributed by atoms with Crippen molar-refractivity contribution >= 4 is 11.9 Å². The molecular weight excluding hydrogens is 486 g/mol. The van der Waals surface area contributed by atoms with Crippen LogP contribution >= 0.6 is 0 Å². The number of rotatable bonds is 10. The van der Waals surface area contributed by atoms with Crippen LogP contribution in [0.5, 0.6) is 5.75 Å². The molecule has 0 amide bonds. The SMILES string of the molecule is COCCCOc1cc2c(cc1C(=O)OC)-c1cc(=O)c(C(=O)OCc3ccccc3)cn1C(C(C)C)C2. The molecule has 1 aliphatic rings. The molecule has 3 aromatic rings. The molecule has 1 unspecified atom stereocenters. The van der Waals surface area contributed by atoms with Gasteiger partial charge in [-0.2, -0.15) is 0 Å². The highest BCUT2D eigenvalue weighted by atomic mass is 16.5. The van der Waals surface area contributed by atoms with E-state index in [1.807, 2.05) is 41.0 Å². The number of ether oxygens (including phenoxy) is 4. The summed E-state index contributed by atoms with van der Waals surface area (Å²) in [5.41, 5.74) is 2.96. The third kappa shape index (κ3) is 5.81. The van der Waals surface area contributed by atoms with Gasteiger partial charge in [0.15, 0.2) is 5.43 Å². The molecule has 0 fully saturated rings. The Morgan fingerprint density at radius 2 is 1.76 bits per heavy atom. The van der Waals surface area contributed by atoms with E-state index in [4.69, 9.17) is 18.9 Å². The van der Waals surface area contributed by atoms with E-state index in [1.165, 1.54) is 13.2 Å². The predicted octanol–water partition coefficient (Wildman–Crippen LogP) is 4.83. The minimum absolute atomic E-state index is 0.0231. The van der Waals surface area contributed by atoms with E-state index in [0.29, 0.717) is 37.5 Å². The molecule has 4 rings (SSSR count). The standard InChI is InChI=1S/C30H33NO7/c1-19(2)25-13-21-14-28(37-12-8-11-35-3)23(29(33)36-4)15-22(21)26-16-27(32)24(17-31(25)26)30(34)38-18-20-9-6-5-7-10-20/h5-7,9-10,14-17,19,25H,8,11-13,18H2,1-4H3. The Hall–Kier alpha value is -3.91. The molecule has 1 atom stereocenters. The Morgan fingerprint density at radius 1 is 1.00 bits per heavy atom. The van der Waals surface area contributed by atoms with Gasteiger partial charge in [-0.3, -0.25) is 4.79 Å². The Bertz CT molecular complexity index is 1360. The zero-order chi connectivity index (χ0) is 27.2. The first-order valence-corrected chi connectivity index (χ1v) is 12.7. The lowest BCUT2D eigenvalue weighted by molar-refractivity contribution is 0.0469. The van der Waals surface area contributed by atoms with Crippen LogP contribution in [0.3, 0.4) is 0 Å². The molecule has 1 aromatic heterocycles. The van der Waals surface area contributed by atoms with Gasteiger partial charge in [0.25, 0.3) is 0 Å². The molecule has 0 saturated carbocycles. The lowest BCUT2D eigenvalue weighted by Crippen LogP contribution is -2.29. The maximum atomic E-state index is 13.1. The molecule has 2 heterocycles. The number of pyridine rings is 1. The highest BCUT2D eigenvalue weighted by molar-refractivity contribution is 5.95. The average Bonchev–Trinajstić information content (AvgIpc) is 2.92. The number of hydrogen-bond donors (Lipinski definition) is 0. The number of methoxy groups -OCH3 is 2. The van der Waals surface area contributed by atoms with Crippen molar-refractivity contribution < 1.29 is 28.5 Å². The van der Waals surface area contributed by atoms with Crippen molar-refractivity contribution in [3.63, 3.8) is 0 Å². The van der Waals surface area contributed by atoms with Crippen LogP contribution in [0, 0.1) is 5.92 Å². The Kier molecular flexibility index (Phi) is 8.63. The summed E-state index contributed by atoms with van der Waals surface area (Å²) in [7, 11) is 2.94. The van der Waals surface area contributed by atoms with Crippen LogP contribution in [-0.4, -0.2) is 43.9 Å². The summed E-state index contributed by atoms with van der Waals surface area (Å²) in [5.74, 6) is -0.567. The van der Waals surface area contributed by atoms with Crippen LogP contribution in [0.4, 0.5) is 0 Å². The fourth-order valence-electron chi connectivity index (χ4n) is 4.68. The van der Waals surface area contributed by atoms with Gasteiger partial charge >= 0.3 is 11.9 Å². The average molecular weight is 520 g/mol. The molecule has 38 heavy (non-hydrogen) atoms. The Balaban J connectivity index is 1.73. The predicted molar refractivity (Wildman–Crippen MR) is 143 cm³/mol. The van der Waals surface area contributed by atoms with Gasteiger partial charge in [0, 0.05) is 44.0 Å². The summed E-state index contributed by atoms with van der Waals surface area (Å²) in [6.45, 7) is 5.19. The maximum Gasteiger partial charge on any atom is 0.343 e. The van der Waals surface area contributed by atoms with E-state index in [0.717, 1.165) is 16.7 Å². The van der Waals surface area contributed by atoms with Gasteiger partial charge in [0.05, 0.1) is 19.4 Å². The molecule has 0 spiro atoms. The first-order chi connectivity index (χ1) is 18.3. The van der Waals surface area contributed by atoms with Crippen LogP contribution in [-0.2, 0) is 27.2 Å². The van der Waals surface area contributed by atoms with E-state index in [-0.39, 0.29) is 29.7 Å². The molecule has 200 valence electrons. The van der Waals surface area contributed by atoms with Gasteiger partial charge in [0.1, 0.15) is 23.5 Å². The quantitative estimate of drug-likeness (QED) is 0.280. The minimum atomic E-state index is -0.669. The number of aromatic nitrogens is 1. The van der Waals surface area contributed by atoms with E-state index in [2.05, 4.69) is 13.8 Å². The second-order valence-corrected chi connectivity index (χ2v) is 9.61. The topological polar surface area (TPSA) is 93.1 Å². The number of esters is 2. The normalized spacial score (nSPS) is 14.0. The van der Waals surface area contributed by atoms with Crippen molar-refractivity contribution in [1.29, 1.82) is 0 Å². The summed E-state index contributed by atoms with van der Waals surface area (Å²) in [6, 6.07) is 14.3. The van der Waals surface area contributed by atoms with Crippen molar-refractivity contribution in [1.82, 2.24) is 4.57 Å². The molecule has 8 heteroatoms. The number of carbonyl (C=O) groups excluding carboxylic acids is 2. The molecular formula is C30H33NO7. The van der Waals surface area contributed by atoms with Crippen LogP contribution in [0.15, 0.2) is 59.5 Å². The summed E-state index contributed by atoms with van der Waals surface area (Å²) >= 11 is 0. The van der Waals surface area contributed by atoms with Crippen molar-refractivity contribution in [2.24, 2.45) is 5.92 Å². The van der Waals surface area contributed by atoms with Crippen LogP contribution in [0.2, 0.25) is 0 Å². The highest BCUT2D eigenvalue weighted by Crippen LogP contribution is 2.40. The van der Waals surface area contributed by atoms with Crippen molar-refractivity contribution in [3.8, 4) is 17.0 Å². The molecule has 8 nitrogen and oxygen atoms in total. The molecule has 0 radical (unpaired) electrons. The van der Waals surface area contributed by atoms with E-state index < -0.39 is 17.4 Å². The number of carbonyl (C=O) groups is 2. The lowest BCUT2D eigenvalue weighted by Gasteiger charge is -2.34. The van der Waals surface area contributed by atoms with Crippen LogP contribution in [0.1, 0.15) is 58.2 Å². The lowest BCUT2D eigenvalue weighted by atomic mass is 9.86. The number of benzene rings is 2. The largest absolute Gasteiger partial charge is 0.493 e. The number of fused-ring (bicyclic) bond motifs is 3. The van der Waals surface area contributed by atoms with Gasteiger partial charge < -0.3 is 23.5 Å². The zero-order valence-electron chi connectivity index (χ0n) is 22.2. The first kappa shape index (κ1) is 27.1. The fourth-order valence-corrected chi connectivity index (χ4v) is 4.68. The summed E-state index contributed by atoms with van der Waals surface area (Å²) < 4.78 is 23.4. The van der Waals surface area contributed by atoms with Crippen LogP contribution in [0.25, 0.3) is 11.3 Å². The maximum absolute atomic E-state index is 13.1. The third-order valence-electron chi connectivity index (χ3n) is 6.71. The summed E-state index contributed by atoms with van der Waals surface area (Å²) in [6.07, 6.45) is 2.90. The monoisotopic (exact) mass is 519 g/mol. The van der Waals surface area contributed by atoms with E-state index >= 15 is 0 Å². The zero-order valence-corrected chi connectivity index (χ0v) is 22.2. The Labute approximate surface area is 222 Å². The third-order valence-corrected chi connectivity index (χ3v) is 6.71. The van der Waals surface area contributed by atoms with Crippen molar-refractivity contribution in [2.75, 3.05) is 27.4 Å². The summed E-state index contributed by atoms with van der Waals surface area (Å²) in [5, 5.41) is 0. The highest BCUT2D eigenvalue weighted by Gasteiger charge is 2.30. The smallest absolute Gasteiger partial charge is 0.343 e. The number of hydrogen-bond acceptors (Lipinski definition) is 7. The van der Waals surface area contributed by atoms with Crippen molar-refractivity contribution in [2.45, 2.75) is 39.3 Å². The molecule has 2 aromatic carbocycles. The van der Waals surface area contributed by atoms with Gasteiger partial charge in [-0.1, -0.05) is 44.2 Å². The second kappa shape index (κ2) is 12.1. The fraction of sp³-hybridized carbons (Fsp3) is 0.367. The first-order valence-electron chi connectivity index (χ1n) is 12.7. The molecule has 1 aliphatic heterocycles. The van der Waals surface area contributed by atoms with E-state index in [1.54, 1.807) is 19.4 Å². The molecule has 0 aliphatic carbocycles. The second-order valence-electron chi connectivity index (χ2n) is 9.61. The van der Waals surface area contributed by atoms with Gasteiger partial charge in [-0.05, 0) is 35.6 Å². The molecule has 0 bridgehead atoms. The van der Waals surface area contributed by atoms with Gasteiger partial charge in [0.2, 0.25) is 0 Å². The van der Waals surface area contributed by atoms with Gasteiger partial charge in [-0.25, -0.2) is 9.59 Å². The molecule has 0 N–H and O–H groups in total. The minimum Gasteiger partial charge on any atom is -0.493 e. The Morgan fingerprint density at radius 3 is 2.45 bits per heavy atom. The van der Waals surface area contributed by atoms with Gasteiger partial charge in [-0.15, -0.1) is 0 Å². The number of nitrogens with zero attached hydrogens (tertiary/aromatic N) is 1. The molecule has 0 saturated heterocycles. The van der Waals surface area contributed by atoms with E-state index in [9.17, 15) is 14.4 Å². The van der Waals surface area contributed by atoms with Crippen LogP contribution < -0.4 is 10.2 Å².